The Balaban J connectivity index is 2.45. The minimum Gasteiger partial charge on any atom is -0.368 e. The summed E-state index contributed by atoms with van der Waals surface area (Å²) in [5.41, 5.74) is 5.31. The van der Waals surface area contributed by atoms with E-state index in [4.69, 9.17) is 17.3 Å². The highest BCUT2D eigenvalue weighted by Gasteiger charge is 2.37. The summed E-state index contributed by atoms with van der Waals surface area (Å²) in [5.74, 6) is -0.624. The van der Waals surface area contributed by atoms with Crippen molar-refractivity contribution in [3.8, 4) is 0 Å². The second-order valence-corrected chi connectivity index (χ2v) is 7.79. The second kappa shape index (κ2) is 6.01. The fraction of sp³-hybridized carbons (Fsp3) is 0.417. The van der Waals surface area contributed by atoms with E-state index in [-0.39, 0.29) is 16.5 Å². The molecule has 0 unspecified atom stereocenters. The Bertz CT molecular complexity index is 636. The molecule has 1 heterocycles. The largest absolute Gasteiger partial charge is 0.368 e. The van der Waals surface area contributed by atoms with Crippen molar-refractivity contribution in [2.75, 3.05) is 6.54 Å². The van der Waals surface area contributed by atoms with Gasteiger partial charge in [-0.3, -0.25) is 4.79 Å². The maximum absolute atomic E-state index is 12.7. The van der Waals surface area contributed by atoms with Gasteiger partial charge in [0.25, 0.3) is 0 Å². The Kier molecular flexibility index (Phi) is 4.73. The molecular weight excluding hydrogens is 368 g/mol. The van der Waals surface area contributed by atoms with Crippen molar-refractivity contribution in [2.24, 2.45) is 5.73 Å². The molecule has 20 heavy (non-hydrogen) atoms. The van der Waals surface area contributed by atoms with E-state index in [1.165, 1.54) is 12.1 Å². The summed E-state index contributed by atoms with van der Waals surface area (Å²) in [5, 5.41) is 0.119. The van der Waals surface area contributed by atoms with Gasteiger partial charge in [-0.25, -0.2) is 8.42 Å². The molecule has 5 nitrogen and oxygen atoms in total. The lowest BCUT2D eigenvalue weighted by atomic mass is 10.0. The third-order valence-electron chi connectivity index (χ3n) is 3.26. The molecule has 0 saturated carbocycles. The first-order valence-corrected chi connectivity index (χ1v) is 8.71. The van der Waals surface area contributed by atoms with Crippen LogP contribution in [0, 0.1) is 0 Å². The van der Waals surface area contributed by atoms with Crippen LogP contribution in [-0.2, 0) is 14.8 Å². The van der Waals surface area contributed by atoms with E-state index in [1.807, 2.05) is 0 Å². The Morgan fingerprint density at radius 2 is 2.10 bits per heavy atom. The summed E-state index contributed by atoms with van der Waals surface area (Å²) in [4.78, 5) is 11.5. The van der Waals surface area contributed by atoms with E-state index >= 15 is 0 Å². The number of sulfonamides is 1. The van der Waals surface area contributed by atoms with Crippen molar-refractivity contribution >= 4 is 43.5 Å². The van der Waals surface area contributed by atoms with Crippen LogP contribution in [0.5, 0.6) is 0 Å². The highest BCUT2D eigenvalue weighted by atomic mass is 79.9. The van der Waals surface area contributed by atoms with Crippen LogP contribution in [0.2, 0.25) is 5.02 Å². The normalized spacial score (nSPS) is 20.8. The number of carbonyl (C=O) groups excluding carboxylic acids is 1. The lowest BCUT2D eigenvalue weighted by Gasteiger charge is -2.32. The number of halogens is 2. The molecule has 2 rings (SSSR count). The molecule has 1 aromatic carbocycles. The number of hydrogen-bond donors (Lipinski definition) is 1. The van der Waals surface area contributed by atoms with Crippen LogP contribution in [0.3, 0.4) is 0 Å². The molecule has 1 aliphatic rings. The maximum Gasteiger partial charge on any atom is 0.245 e. The van der Waals surface area contributed by atoms with Gasteiger partial charge >= 0.3 is 0 Å². The number of nitrogens with zero attached hydrogens (tertiary/aromatic N) is 1. The molecule has 1 aromatic rings. The lowest BCUT2D eigenvalue weighted by Crippen LogP contribution is -2.50. The molecule has 0 bridgehead atoms. The zero-order valence-corrected chi connectivity index (χ0v) is 13.7. The van der Waals surface area contributed by atoms with E-state index in [0.29, 0.717) is 17.3 Å². The minimum absolute atomic E-state index is 0.00415. The van der Waals surface area contributed by atoms with Crippen molar-refractivity contribution in [1.29, 1.82) is 0 Å². The zero-order chi connectivity index (χ0) is 14.9. The van der Waals surface area contributed by atoms with Gasteiger partial charge in [-0.2, -0.15) is 4.31 Å². The molecule has 0 spiro atoms. The van der Waals surface area contributed by atoms with Gasteiger partial charge in [0.15, 0.2) is 0 Å². The Morgan fingerprint density at radius 3 is 2.70 bits per heavy atom. The van der Waals surface area contributed by atoms with Gasteiger partial charge in [0.1, 0.15) is 10.9 Å². The molecule has 0 radical (unpaired) electrons. The van der Waals surface area contributed by atoms with Crippen molar-refractivity contribution in [3.05, 3.63) is 27.7 Å². The number of rotatable bonds is 3. The summed E-state index contributed by atoms with van der Waals surface area (Å²) >= 11 is 9.24. The number of piperidine rings is 1. The van der Waals surface area contributed by atoms with Gasteiger partial charge in [-0.15, -0.1) is 0 Å². The number of primary amides is 1. The van der Waals surface area contributed by atoms with E-state index in [1.54, 1.807) is 6.07 Å². The van der Waals surface area contributed by atoms with Crippen molar-refractivity contribution in [3.63, 3.8) is 0 Å². The van der Waals surface area contributed by atoms with Gasteiger partial charge in [-0.1, -0.05) is 34.0 Å². The molecule has 1 aliphatic heterocycles. The first kappa shape index (κ1) is 15.8. The van der Waals surface area contributed by atoms with Crippen LogP contribution in [0.1, 0.15) is 19.3 Å². The molecule has 0 aliphatic carbocycles. The lowest BCUT2D eigenvalue weighted by molar-refractivity contribution is -0.122. The summed E-state index contributed by atoms with van der Waals surface area (Å²) in [6.07, 6.45) is 1.94. The quantitative estimate of drug-likeness (QED) is 0.871. The van der Waals surface area contributed by atoms with Gasteiger partial charge in [0, 0.05) is 11.0 Å². The molecule has 2 N–H and O–H groups in total. The SMILES string of the molecule is NC(=O)[C@H]1CCCCN1S(=O)(=O)c1ccc(Br)cc1Cl. The molecule has 1 saturated heterocycles. The highest BCUT2D eigenvalue weighted by molar-refractivity contribution is 9.10. The van der Waals surface area contributed by atoms with Crippen LogP contribution in [-0.4, -0.2) is 31.2 Å². The van der Waals surface area contributed by atoms with Crippen LogP contribution in [0.25, 0.3) is 0 Å². The smallest absolute Gasteiger partial charge is 0.245 e. The highest BCUT2D eigenvalue weighted by Crippen LogP contribution is 2.31. The number of benzene rings is 1. The number of nitrogens with two attached hydrogens (primary N) is 1. The number of amides is 1. The molecule has 8 heteroatoms. The van der Waals surface area contributed by atoms with Crippen molar-refractivity contribution in [1.82, 2.24) is 4.31 Å². The Morgan fingerprint density at radius 1 is 1.40 bits per heavy atom. The molecule has 0 aromatic heterocycles. The molecular formula is C12H14BrClN2O3S. The Hall–Kier alpha value is -0.630. The summed E-state index contributed by atoms with van der Waals surface area (Å²) < 4.78 is 27.2. The second-order valence-electron chi connectivity index (χ2n) is 4.60. The van der Waals surface area contributed by atoms with Gasteiger partial charge in [0.05, 0.1) is 5.02 Å². The van der Waals surface area contributed by atoms with Crippen LogP contribution in [0.4, 0.5) is 0 Å². The number of hydrogen-bond acceptors (Lipinski definition) is 3. The summed E-state index contributed by atoms with van der Waals surface area (Å²) in [6, 6.07) is 3.74. The fourth-order valence-corrected chi connectivity index (χ4v) is 4.97. The third-order valence-corrected chi connectivity index (χ3v) is 6.15. The van der Waals surface area contributed by atoms with Crippen molar-refractivity contribution < 1.29 is 13.2 Å². The predicted octanol–water partition coefficient (Wildman–Crippen LogP) is 2.13. The minimum atomic E-state index is -3.82. The van der Waals surface area contributed by atoms with Gasteiger partial charge in [-0.05, 0) is 31.0 Å². The topological polar surface area (TPSA) is 80.5 Å². The standard InChI is InChI=1S/C12H14BrClN2O3S/c13-8-4-5-11(9(14)7-8)20(18,19)16-6-2-1-3-10(16)12(15)17/h4-5,7,10H,1-3,6H2,(H2,15,17)/t10-/m1/s1. The fourth-order valence-electron chi connectivity index (χ4n) is 2.29. The Labute approximate surface area is 131 Å². The van der Waals surface area contributed by atoms with Crippen LogP contribution in [0.15, 0.2) is 27.6 Å². The van der Waals surface area contributed by atoms with Gasteiger partial charge in [0.2, 0.25) is 15.9 Å². The van der Waals surface area contributed by atoms with E-state index in [9.17, 15) is 13.2 Å². The van der Waals surface area contributed by atoms with E-state index in [2.05, 4.69) is 15.9 Å². The summed E-state index contributed by atoms with van der Waals surface area (Å²) in [7, 11) is -3.82. The maximum atomic E-state index is 12.7. The summed E-state index contributed by atoms with van der Waals surface area (Å²) in [6.45, 7) is 0.280. The molecule has 1 fully saturated rings. The van der Waals surface area contributed by atoms with Crippen LogP contribution >= 0.6 is 27.5 Å². The monoisotopic (exact) mass is 380 g/mol. The third kappa shape index (κ3) is 3.00. The molecule has 110 valence electrons. The van der Waals surface area contributed by atoms with E-state index < -0.39 is 22.0 Å². The van der Waals surface area contributed by atoms with E-state index in [0.717, 1.165) is 10.7 Å². The van der Waals surface area contributed by atoms with Crippen molar-refractivity contribution in [2.45, 2.75) is 30.2 Å². The first-order chi connectivity index (χ1) is 9.34. The first-order valence-electron chi connectivity index (χ1n) is 6.10. The average molecular weight is 382 g/mol. The number of carbonyl (C=O) groups is 1. The zero-order valence-electron chi connectivity index (χ0n) is 10.6. The molecule has 1 amide bonds. The average Bonchev–Trinajstić information content (AvgIpc) is 2.38. The van der Waals surface area contributed by atoms with Gasteiger partial charge < -0.3 is 5.73 Å². The predicted molar refractivity (Wildman–Crippen MR) is 79.9 cm³/mol. The molecule has 1 atom stereocenters. The van der Waals surface area contributed by atoms with Crippen LogP contribution < -0.4 is 5.73 Å².